The van der Waals surface area contributed by atoms with Crippen LogP contribution < -0.4 is 5.32 Å². The summed E-state index contributed by atoms with van der Waals surface area (Å²) < 4.78 is 37.8. The lowest BCUT2D eigenvalue weighted by molar-refractivity contribution is -0.137. The molecule has 0 saturated carbocycles. The number of anilines is 1. The molecule has 0 aromatic heterocycles. The summed E-state index contributed by atoms with van der Waals surface area (Å²) in [5.74, 6) is -0.480. The molecule has 0 bridgehead atoms. The summed E-state index contributed by atoms with van der Waals surface area (Å²) in [6.07, 6.45) is -1.98. The second-order valence-electron chi connectivity index (χ2n) is 4.63. The lowest BCUT2D eigenvalue weighted by Gasteiger charge is -2.06. The average molecular weight is 316 g/mol. The van der Waals surface area contributed by atoms with Crippen LogP contribution in [0.3, 0.4) is 0 Å². The van der Waals surface area contributed by atoms with Gasteiger partial charge in [0.05, 0.1) is 17.2 Å². The first-order valence-electron chi connectivity index (χ1n) is 6.55. The van der Waals surface area contributed by atoms with Gasteiger partial charge in [0.2, 0.25) is 5.91 Å². The number of alkyl halides is 3. The summed E-state index contributed by atoms with van der Waals surface area (Å²) in [5, 5.41) is 11.2. The molecule has 0 fully saturated rings. The standard InChI is InChI=1S/C17H11F3N2O/c18-17(19,20)14-3-1-2-12(10-14)6-9-16(23)22-15-7-4-13(11-21)5-8-15/h1-10H,(H,22,23). The van der Waals surface area contributed by atoms with Crippen molar-refractivity contribution < 1.29 is 18.0 Å². The molecule has 2 aromatic rings. The minimum atomic E-state index is -4.42. The number of amides is 1. The van der Waals surface area contributed by atoms with E-state index in [0.717, 1.165) is 18.2 Å². The summed E-state index contributed by atoms with van der Waals surface area (Å²) in [6, 6.07) is 12.9. The SMILES string of the molecule is N#Cc1ccc(NC(=O)C=Cc2cccc(C(F)(F)F)c2)cc1. The monoisotopic (exact) mass is 316 g/mol. The van der Waals surface area contributed by atoms with Gasteiger partial charge in [-0.25, -0.2) is 0 Å². The number of nitrogens with one attached hydrogen (secondary N) is 1. The van der Waals surface area contributed by atoms with E-state index in [4.69, 9.17) is 5.26 Å². The van der Waals surface area contributed by atoms with Crippen molar-refractivity contribution in [2.24, 2.45) is 0 Å². The van der Waals surface area contributed by atoms with Crippen LogP contribution >= 0.6 is 0 Å². The summed E-state index contributed by atoms with van der Waals surface area (Å²) >= 11 is 0. The Labute approximate surface area is 130 Å². The Kier molecular flexibility index (Phi) is 4.82. The number of hydrogen-bond acceptors (Lipinski definition) is 2. The van der Waals surface area contributed by atoms with E-state index in [9.17, 15) is 18.0 Å². The Morgan fingerprint density at radius 2 is 1.83 bits per heavy atom. The van der Waals surface area contributed by atoms with Crippen LogP contribution in [0.5, 0.6) is 0 Å². The smallest absolute Gasteiger partial charge is 0.323 e. The van der Waals surface area contributed by atoms with E-state index in [1.54, 1.807) is 24.3 Å². The van der Waals surface area contributed by atoms with Crippen molar-refractivity contribution in [2.45, 2.75) is 6.18 Å². The molecular formula is C17H11F3N2O. The number of carbonyl (C=O) groups excluding carboxylic acids is 1. The minimum absolute atomic E-state index is 0.273. The molecule has 0 aliphatic carbocycles. The van der Waals surface area contributed by atoms with Gasteiger partial charge < -0.3 is 5.32 Å². The topological polar surface area (TPSA) is 52.9 Å². The third-order valence-corrected chi connectivity index (χ3v) is 2.92. The predicted octanol–water partition coefficient (Wildman–Crippen LogP) is 4.23. The zero-order valence-electron chi connectivity index (χ0n) is 11.8. The van der Waals surface area contributed by atoms with Crippen LogP contribution in [0.25, 0.3) is 6.08 Å². The summed E-state index contributed by atoms with van der Waals surface area (Å²) in [7, 11) is 0. The molecule has 0 aliphatic rings. The molecule has 116 valence electrons. The van der Waals surface area contributed by atoms with Crippen LogP contribution in [0, 0.1) is 11.3 Å². The first-order valence-corrected chi connectivity index (χ1v) is 6.55. The molecule has 0 radical (unpaired) electrons. The van der Waals surface area contributed by atoms with Gasteiger partial charge in [0.1, 0.15) is 0 Å². The highest BCUT2D eigenvalue weighted by Crippen LogP contribution is 2.29. The van der Waals surface area contributed by atoms with Crippen LogP contribution in [-0.2, 0) is 11.0 Å². The molecule has 0 atom stereocenters. The molecule has 3 nitrogen and oxygen atoms in total. The fourth-order valence-electron chi connectivity index (χ4n) is 1.80. The van der Waals surface area contributed by atoms with Crippen LogP contribution in [0.2, 0.25) is 0 Å². The third-order valence-electron chi connectivity index (χ3n) is 2.92. The lowest BCUT2D eigenvalue weighted by Crippen LogP contribution is -2.07. The number of nitriles is 1. The summed E-state index contributed by atoms with van der Waals surface area (Å²) in [6.45, 7) is 0. The van der Waals surface area contributed by atoms with E-state index in [1.165, 1.54) is 18.2 Å². The number of halogens is 3. The number of nitrogens with zero attached hydrogens (tertiary/aromatic N) is 1. The van der Waals surface area contributed by atoms with Crippen LogP contribution in [0.4, 0.5) is 18.9 Å². The molecule has 0 saturated heterocycles. The first kappa shape index (κ1) is 16.3. The van der Waals surface area contributed by atoms with Gasteiger partial charge in [-0.1, -0.05) is 12.1 Å². The van der Waals surface area contributed by atoms with Gasteiger partial charge in [0.15, 0.2) is 0 Å². The molecule has 2 rings (SSSR count). The van der Waals surface area contributed by atoms with Crippen molar-refractivity contribution in [3.63, 3.8) is 0 Å². The highest BCUT2D eigenvalue weighted by atomic mass is 19.4. The summed E-state index contributed by atoms with van der Waals surface area (Å²) in [5.41, 5.74) is 0.451. The van der Waals surface area contributed by atoms with Gasteiger partial charge in [0, 0.05) is 11.8 Å². The van der Waals surface area contributed by atoms with Gasteiger partial charge in [-0.2, -0.15) is 18.4 Å². The molecule has 2 aromatic carbocycles. The maximum absolute atomic E-state index is 12.6. The Bertz CT molecular complexity index is 772. The van der Waals surface area contributed by atoms with Gasteiger partial charge in [0.25, 0.3) is 0 Å². The lowest BCUT2D eigenvalue weighted by atomic mass is 10.1. The van der Waals surface area contributed by atoms with Crippen molar-refractivity contribution >= 4 is 17.7 Å². The molecule has 6 heteroatoms. The van der Waals surface area contributed by atoms with Gasteiger partial charge in [-0.15, -0.1) is 0 Å². The maximum atomic E-state index is 12.6. The zero-order chi connectivity index (χ0) is 16.9. The van der Waals surface area contributed by atoms with Gasteiger partial charge >= 0.3 is 6.18 Å². The van der Waals surface area contributed by atoms with Crippen molar-refractivity contribution in [2.75, 3.05) is 5.32 Å². The second kappa shape index (κ2) is 6.79. The number of hydrogen-bond donors (Lipinski definition) is 1. The van der Waals surface area contributed by atoms with Crippen LogP contribution in [-0.4, -0.2) is 5.91 Å². The molecule has 0 aliphatic heterocycles. The largest absolute Gasteiger partial charge is 0.416 e. The zero-order valence-corrected chi connectivity index (χ0v) is 11.8. The van der Waals surface area contributed by atoms with Gasteiger partial charge in [-0.05, 0) is 48.0 Å². The second-order valence-corrected chi connectivity index (χ2v) is 4.63. The predicted molar refractivity (Wildman–Crippen MR) is 80.3 cm³/mol. The maximum Gasteiger partial charge on any atom is 0.416 e. The molecule has 1 N–H and O–H groups in total. The Morgan fingerprint density at radius 3 is 2.43 bits per heavy atom. The van der Waals surface area contributed by atoms with Crippen LogP contribution in [0.15, 0.2) is 54.6 Å². The van der Waals surface area contributed by atoms with E-state index < -0.39 is 17.6 Å². The van der Waals surface area contributed by atoms with E-state index in [-0.39, 0.29) is 5.56 Å². The number of carbonyl (C=O) groups is 1. The number of benzene rings is 2. The minimum Gasteiger partial charge on any atom is -0.323 e. The summed E-state index contributed by atoms with van der Waals surface area (Å²) in [4.78, 5) is 11.7. The molecule has 0 spiro atoms. The normalized spacial score (nSPS) is 11.2. The number of rotatable bonds is 3. The molecule has 23 heavy (non-hydrogen) atoms. The highest BCUT2D eigenvalue weighted by molar-refractivity contribution is 6.01. The quantitative estimate of drug-likeness (QED) is 0.862. The van der Waals surface area contributed by atoms with Gasteiger partial charge in [-0.3, -0.25) is 4.79 Å². The molecular weight excluding hydrogens is 305 g/mol. The van der Waals surface area contributed by atoms with Crippen LogP contribution in [0.1, 0.15) is 16.7 Å². The third kappa shape index (κ3) is 4.71. The van der Waals surface area contributed by atoms with Crippen molar-refractivity contribution in [3.05, 3.63) is 71.3 Å². The molecule has 1 amide bonds. The fourth-order valence-corrected chi connectivity index (χ4v) is 1.80. The van der Waals surface area contributed by atoms with Crippen molar-refractivity contribution in [3.8, 4) is 6.07 Å². The first-order chi connectivity index (χ1) is 10.9. The molecule has 0 heterocycles. The van der Waals surface area contributed by atoms with E-state index in [1.807, 2.05) is 6.07 Å². The van der Waals surface area contributed by atoms with E-state index in [2.05, 4.69) is 5.32 Å². The van der Waals surface area contributed by atoms with E-state index in [0.29, 0.717) is 11.3 Å². The van der Waals surface area contributed by atoms with Crippen molar-refractivity contribution in [1.29, 1.82) is 5.26 Å². The highest BCUT2D eigenvalue weighted by Gasteiger charge is 2.30. The Balaban J connectivity index is 2.05. The Hall–Kier alpha value is -3.07. The van der Waals surface area contributed by atoms with E-state index >= 15 is 0 Å². The van der Waals surface area contributed by atoms with Crippen molar-refractivity contribution in [1.82, 2.24) is 0 Å². The fraction of sp³-hybridized carbons (Fsp3) is 0.0588. The average Bonchev–Trinajstić information content (AvgIpc) is 2.53. The Morgan fingerprint density at radius 1 is 1.13 bits per heavy atom. The molecule has 0 unspecified atom stereocenters.